The predicted molar refractivity (Wildman–Crippen MR) is 48.7 cm³/mol. The second kappa shape index (κ2) is 5.69. The van der Waals surface area contributed by atoms with Crippen molar-refractivity contribution in [3.8, 4) is 0 Å². The van der Waals surface area contributed by atoms with Crippen LogP contribution in [0.3, 0.4) is 0 Å². The molecule has 0 atom stereocenters. The molecule has 0 saturated carbocycles. The number of carbonyl (C=O) groups is 1. The van der Waals surface area contributed by atoms with Gasteiger partial charge in [0.15, 0.2) is 0 Å². The first kappa shape index (κ1) is 12.1. The van der Waals surface area contributed by atoms with E-state index in [9.17, 15) is 4.79 Å². The van der Waals surface area contributed by atoms with E-state index >= 15 is 0 Å². The van der Waals surface area contributed by atoms with E-state index in [0.717, 1.165) is 0 Å². The highest BCUT2D eigenvalue weighted by atomic mass is 16.5. The summed E-state index contributed by atoms with van der Waals surface area (Å²) in [5, 5.41) is 22.6. The van der Waals surface area contributed by atoms with Crippen molar-refractivity contribution in [2.45, 2.75) is 19.3 Å². The van der Waals surface area contributed by atoms with Crippen molar-refractivity contribution < 1.29 is 15.0 Å². The van der Waals surface area contributed by atoms with Gasteiger partial charge in [0.2, 0.25) is 11.8 Å². The van der Waals surface area contributed by atoms with Gasteiger partial charge in [-0.15, -0.1) is 0 Å². The maximum atomic E-state index is 10.6. The zero-order valence-corrected chi connectivity index (χ0v) is 7.71. The summed E-state index contributed by atoms with van der Waals surface area (Å²) in [7, 11) is 0. The van der Waals surface area contributed by atoms with E-state index in [-0.39, 0.29) is 5.91 Å². The van der Waals surface area contributed by atoms with Gasteiger partial charge in [-0.1, -0.05) is 6.58 Å². The van der Waals surface area contributed by atoms with Crippen LogP contribution < -0.4 is 10.6 Å². The van der Waals surface area contributed by atoms with Gasteiger partial charge in [-0.25, -0.2) is 0 Å². The Morgan fingerprint density at radius 3 is 2.62 bits per heavy atom. The summed E-state index contributed by atoms with van der Waals surface area (Å²) < 4.78 is 0. The molecule has 0 fully saturated rings. The summed E-state index contributed by atoms with van der Waals surface area (Å²) in [4.78, 5) is 10.6. The van der Waals surface area contributed by atoms with Crippen molar-refractivity contribution in [2.75, 3.05) is 13.1 Å². The Labute approximate surface area is 77.5 Å². The fourth-order valence-corrected chi connectivity index (χ4v) is 0.697. The zero-order valence-electron chi connectivity index (χ0n) is 7.71. The van der Waals surface area contributed by atoms with Crippen LogP contribution in [0.1, 0.15) is 13.3 Å². The molecule has 0 aromatic rings. The average Bonchev–Trinajstić information content (AvgIpc) is 2.01. The SMILES string of the molecule is C=CC(=O)NCCCNC(C)(O)O. The lowest BCUT2D eigenvalue weighted by Crippen LogP contribution is -2.43. The molecule has 13 heavy (non-hydrogen) atoms. The van der Waals surface area contributed by atoms with Gasteiger partial charge in [0, 0.05) is 20.0 Å². The van der Waals surface area contributed by atoms with E-state index in [1.807, 2.05) is 0 Å². The molecule has 0 aromatic heterocycles. The van der Waals surface area contributed by atoms with Gasteiger partial charge in [-0.2, -0.15) is 0 Å². The summed E-state index contributed by atoms with van der Waals surface area (Å²) in [5.41, 5.74) is 0. The molecule has 0 unspecified atom stereocenters. The van der Waals surface area contributed by atoms with Crippen LogP contribution in [0, 0.1) is 0 Å². The molecular weight excluding hydrogens is 172 g/mol. The number of hydrogen-bond donors (Lipinski definition) is 4. The first-order valence-corrected chi connectivity index (χ1v) is 4.06. The number of amides is 1. The number of aliphatic hydroxyl groups is 2. The van der Waals surface area contributed by atoms with Crippen LogP contribution in [-0.2, 0) is 4.79 Å². The first-order valence-electron chi connectivity index (χ1n) is 4.06. The van der Waals surface area contributed by atoms with E-state index in [2.05, 4.69) is 17.2 Å². The van der Waals surface area contributed by atoms with Gasteiger partial charge in [-0.05, 0) is 12.5 Å². The van der Waals surface area contributed by atoms with Crippen molar-refractivity contribution in [3.63, 3.8) is 0 Å². The highest BCUT2D eigenvalue weighted by Crippen LogP contribution is 1.88. The maximum Gasteiger partial charge on any atom is 0.243 e. The van der Waals surface area contributed by atoms with Gasteiger partial charge in [0.05, 0.1) is 0 Å². The molecule has 0 heterocycles. The number of carbonyl (C=O) groups excluding carboxylic acids is 1. The van der Waals surface area contributed by atoms with Gasteiger partial charge in [0.1, 0.15) is 0 Å². The zero-order chi connectivity index (χ0) is 10.3. The molecule has 76 valence electrons. The molecule has 0 saturated heterocycles. The molecule has 1 amide bonds. The van der Waals surface area contributed by atoms with Crippen molar-refractivity contribution in [3.05, 3.63) is 12.7 Å². The Morgan fingerprint density at radius 1 is 1.54 bits per heavy atom. The summed E-state index contributed by atoms with van der Waals surface area (Å²) in [6, 6.07) is 0. The molecule has 5 nitrogen and oxygen atoms in total. The van der Waals surface area contributed by atoms with E-state index in [1.54, 1.807) is 0 Å². The molecule has 0 spiro atoms. The van der Waals surface area contributed by atoms with E-state index in [4.69, 9.17) is 10.2 Å². The highest BCUT2D eigenvalue weighted by Gasteiger charge is 2.11. The average molecular weight is 188 g/mol. The summed E-state index contributed by atoms with van der Waals surface area (Å²) in [6.07, 6.45) is 1.81. The van der Waals surface area contributed by atoms with Gasteiger partial charge in [0.25, 0.3) is 0 Å². The minimum Gasteiger partial charge on any atom is -0.354 e. The Morgan fingerprint density at radius 2 is 2.15 bits per heavy atom. The molecule has 0 aliphatic heterocycles. The van der Waals surface area contributed by atoms with Gasteiger partial charge < -0.3 is 15.5 Å². The lowest BCUT2D eigenvalue weighted by Gasteiger charge is -2.17. The van der Waals surface area contributed by atoms with Crippen LogP contribution in [0.25, 0.3) is 0 Å². The third-order valence-corrected chi connectivity index (χ3v) is 1.30. The monoisotopic (exact) mass is 188 g/mol. The van der Waals surface area contributed by atoms with Crippen LogP contribution in [0.2, 0.25) is 0 Å². The van der Waals surface area contributed by atoms with Crippen LogP contribution in [-0.4, -0.2) is 35.1 Å². The second-order valence-corrected chi connectivity index (χ2v) is 2.80. The van der Waals surface area contributed by atoms with Crippen LogP contribution in [0.5, 0.6) is 0 Å². The van der Waals surface area contributed by atoms with Gasteiger partial charge in [-0.3, -0.25) is 10.1 Å². The Hall–Kier alpha value is -0.910. The fourth-order valence-electron chi connectivity index (χ4n) is 0.697. The normalized spacial score (nSPS) is 11.0. The lowest BCUT2D eigenvalue weighted by atomic mass is 10.4. The highest BCUT2D eigenvalue weighted by molar-refractivity contribution is 5.86. The van der Waals surface area contributed by atoms with Crippen molar-refractivity contribution in [2.24, 2.45) is 0 Å². The largest absolute Gasteiger partial charge is 0.354 e. The van der Waals surface area contributed by atoms with Crippen molar-refractivity contribution in [1.82, 2.24) is 10.6 Å². The molecule has 0 aliphatic rings. The standard InChI is InChI=1S/C8H16N2O3/c1-3-7(11)9-5-4-6-10-8(2,12)13/h3,10,12-13H,1,4-6H2,2H3,(H,9,11). The third-order valence-electron chi connectivity index (χ3n) is 1.30. The topological polar surface area (TPSA) is 81.6 Å². The Bertz CT molecular complexity index is 175. The van der Waals surface area contributed by atoms with Crippen LogP contribution in [0.4, 0.5) is 0 Å². The summed E-state index contributed by atoms with van der Waals surface area (Å²) >= 11 is 0. The molecular formula is C8H16N2O3. The molecule has 0 aromatic carbocycles. The number of hydrogen-bond acceptors (Lipinski definition) is 4. The lowest BCUT2D eigenvalue weighted by molar-refractivity contribution is -0.169. The molecule has 4 N–H and O–H groups in total. The summed E-state index contributed by atoms with van der Waals surface area (Å²) in [6.45, 7) is 5.42. The molecule has 0 aliphatic carbocycles. The second-order valence-electron chi connectivity index (χ2n) is 2.80. The van der Waals surface area contributed by atoms with Crippen LogP contribution >= 0.6 is 0 Å². The third kappa shape index (κ3) is 9.00. The van der Waals surface area contributed by atoms with Crippen molar-refractivity contribution in [1.29, 1.82) is 0 Å². The predicted octanol–water partition coefficient (Wildman–Crippen LogP) is -1.07. The number of rotatable bonds is 6. The number of nitrogens with one attached hydrogen (secondary N) is 2. The van der Waals surface area contributed by atoms with E-state index < -0.39 is 5.91 Å². The maximum absolute atomic E-state index is 10.6. The fraction of sp³-hybridized carbons (Fsp3) is 0.625. The summed E-state index contributed by atoms with van der Waals surface area (Å²) in [5.74, 6) is -2.07. The van der Waals surface area contributed by atoms with E-state index in [1.165, 1.54) is 13.0 Å². The minimum atomic E-state index is -1.84. The molecule has 0 bridgehead atoms. The van der Waals surface area contributed by atoms with Gasteiger partial charge >= 0.3 is 0 Å². The first-order chi connectivity index (χ1) is 5.95. The molecule has 5 heteroatoms. The quantitative estimate of drug-likeness (QED) is 0.243. The molecule has 0 radical (unpaired) electrons. The Kier molecular flexibility index (Phi) is 5.29. The van der Waals surface area contributed by atoms with E-state index in [0.29, 0.717) is 19.5 Å². The van der Waals surface area contributed by atoms with Crippen molar-refractivity contribution >= 4 is 5.91 Å². The smallest absolute Gasteiger partial charge is 0.243 e. The minimum absolute atomic E-state index is 0.226. The Balaban J connectivity index is 3.27. The molecule has 0 rings (SSSR count). The van der Waals surface area contributed by atoms with Crippen LogP contribution in [0.15, 0.2) is 12.7 Å².